The van der Waals surface area contributed by atoms with Crippen molar-refractivity contribution >= 4 is 11.6 Å². The first-order chi connectivity index (χ1) is 7.99. The zero-order valence-corrected chi connectivity index (χ0v) is 10.5. The second-order valence-electron chi connectivity index (χ2n) is 4.34. The smallest absolute Gasteiger partial charge is 0.265 e. The lowest BCUT2D eigenvalue weighted by molar-refractivity contribution is 0.431. The molecule has 1 aromatic heterocycles. The van der Waals surface area contributed by atoms with Gasteiger partial charge in [0.2, 0.25) is 0 Å². The van der Waals surface area contributed by atoms with E-state index in [1.165, 1.54) is 0 Å². The number of hydrogen-bond acceptors (Lipinski definition) is 5. The van der Waals surface area contributed by atoms with E-state index in [0.717, 1.165) is 16.7 Å². The van der Waals surface area contributed by atoms with Gasteiger partial charge in [0.1, 0.15) is 0 Å². The maximum atomic E-state index is 6.03. The molecule has 2 aromatic rings. The highest BCUT2D eigenvalue weighted by Crippen LogP contribution is 2.29. The maximum absolute atomic E-state index is 6.03. The Bertz CT molecular complexity index is 545. The molecule has 0 saturated heterocycles. The number of aromatic nitrogens is 2. The normalized spacial score (nSPS) is 10.6. The Kier molecular flexibility index (Phi) is 2.75. The van der Waals surface area contributed by atoms with Crippen molar-refractivity contribution in [3.05, 3.63) is 23.3 Å². The van der Waals surface area contributed by atoms with E-state index >= 15 is 0 Å². The Morgan fingerprint density at radius 1 is 1.24 bits per heavy atom. The van der Waals surface area contributed by atoms with Crippen LogP contribution in [0.3, 0.4) is 0 Å². The number of aryl methyl sites for hydroxylation is 2. The molecular formula is C12H16N4O. The molecule has 90 valence electrons. The number of anilines is 2. The summed E-state index contributed by atoms with van der Waals surface area (Å²) in [6.45, 7) is 3.98. The van der Waals surface area contributed by atoms with Gasteiger partial charge in [-0.1, -0.05) is 6.07 Å². The molecule has 5 heteroatoms. The maximum Gasteiger partial charge on any atom is 0.265 e. The van der Waals surface area contributed by atoms with Crippen molar-refractivity contribution in [2.24, 2.45) is 0 Å². The zero-order chi connectivity index (χ0) is 12.6. The molecule has 1 aromatic carbocycles. The second kappa shape index (κ2) is 4.08. The topological polar surface area (TPSA) is 68.2 Å². The summed E-state index contributed by atoms with van der Waals surface area (Å²) in [7, 11) is 3.72. The quantitative estimate of drug-likeness (QED) is 0.802. The number of nitrogens with zero attached hydrogens (tertiary/aromatic N) is 3. The van der Waals surface area contributed by atoms with E-state index in [2.05, 4.69) is 10.1 Å². The largest absolute Gasteiger partial charge is 0.398 e. The lowest BCUT2D eigenvalue weighted by atomic mass is 10.0. The summed E-state index contributed by atoms with van der Waals surface area (Å²) in [6, 6.07) is 3.98. The van der Waals surface area contributed by atoms with E-state index in [0.29, 0.717) is 17.5 Å². The van der Waals surface area contributed by atoms with Crippen LogP contribution in [0.15, 0.2) is 16.7 Å². The Morgan fingerprint density at radius 3 is 2.53 bits per heavy atom. The van der Waals surface area contributed by atoms with Crippen LogP contribution < -0.4 is 10.6 Å². The summed E-state index contributed by atoms with van der Waals surface area (Å²) < 4.78 is 5.22. The summed E-state index contributed by atoms with van der Waals surface area (Å²) in [4.78, 5) is 6.07. The molecular weight excluding hydrogens is 216 g/mol. The Labute approximate surface area is 100 Å². The lowest BCUT2D eigenvalue weighted by Crippen LogP contribution is -2.10. The van der Waals surface area contributed by atoms with Crippen LogP contribution in [0.1, 0.15) is 11.1 Å². The summed E-state index contributed by atoms with van der Waals surface area (Å²) in [5, 5.41) is 3.88. The zero-order valence-electron chi connectivity index (χ0n) is 10.5. The van der Waals surface area contributed by atoms with Gasteiger partial charge >= 0.3 is 0 Å². The number of rotatable bonds is 2. The fourth-order valence-electron chi connectivity index (χ4n) is 1.66. The predicted molar refractivity (Wildman–Crippen MR) is 67.9 cm³/mol. The highest BCUT2D eigenvalue weighted by molar-refractivity contribution is 5.74. The molecule has 0 aliphatic rings. The third-order valence-corrected chi connectivity index (χ3v) is 2.58. The van der Waals surface area contributed by atoms with Gasteiger partial charge in [-0.15, -0.1) is 0 Å². The standard InChI is InChI=1S/C12H16N4O/c1-7-5-8(2)10(13)9(6-7)11-14-12(15-17-11)16(3)4/h5-6H,13H2,1-4H3. The van der Waals surface area contributed by atoms with Crippen LogP contribution in [0.25, 0.3) is 11.5 Å². The molecule has 2 N–H and O–H groups in total. The Hall–Kier alpha value is -2.04. The monoisotopic (exact) mass is 232 g/mol. The first-order valence-electron chi connectivity index (χ1n) is 5.37. The van der Waals surface area contributed by atoms with E-state index in [1.54, 1.807) is 4.90 Å². The molecule has 17 heavy (non-hydrogen) atoms. The highest BCUT2D eigenvalue weighted by atomic mass is 16.5. The first-order valence-corrected chi connectivity index (χ1v) is 5.37. The van der Waals surface area contributed by atoms with Crippen LogP contribution in [-0.2, 0) is 0 Å². The summed E-state index contributed by atoms with van der Waals surface area (Å²) >= 11 is 0. The van der Waals surface area contributed by atoms with Crippen molar-refractivity contribution in [2.45, 2.75) is 13.8 Å². The van der Waals surface area contributed by atoms with Gasteiger partial charge in [0.25, 0.3) is 11.8 Å². The fourth-order valence-corrected chi connectivity index (χ4v) is 1.66. The van der Waals surface area contributed by atoms with Crippen LogP contribution in [0.4, 0.5) is 11.6 Å². The average Bonchev–Trinajstić information content (AvgIpc) is 2.72. The lowest BCUT2D eigenvalue weighted by Gasteiger charge is -2.06. The number of nitrogen functional groups attached to an aromatic ring is 1. The molecule has 0 atom stereocenters. The van der Waals surface area contributed by atoms with Crippen molar-refractivity contribution in [3.8, 4) is 11.5 Å². The van der Waals surface area contributed by atoms with Gasteiger partial charge in [0.15, 0.2) is 0 Å². The number of hydrogen-bond donors (Lipinski definition) is 1. The van der Waals surface area contributed by atoms with Crippen LogP contribution in [0.5, 0.6) is 0 Å². The average molecular weight is 232 g/mol. The molecule has 2 rings (SSSR count). The van der Waals surface area contributed by atoms with E-state index in [-0.39, 0.29) is 0 Å². The summed E-state index contributed by atoms with van der Waals surface area (Å²) in [6.07, 6.45) is 0. The van der Waals surface area contributed by atoms with Gasteiger partial charge in [-0.25, -0.2) is 0 Å². The molecule has 0 unspecified atom stereocenters. The first kappa shape index (κ1) is 11.4. The van der Waals surface area contributed by atoms with Gasteiger partial charge < -0.3 is 15.2 Å². The van der Waals surface area contributed by atoms with Gasteiger partial charge in [-0.05, 0) is 36.2 Å². The molecule has 0 fully saturated rings. The SMILES string of the molecule is Cc1cc(C)c(N)c(-c2nc(N(C)C)no2)c1. The minimum atomic E-state index is 0.456. The second-order valence-corrected chi connectivity index (χ2v) is 4.34. The van der Waals surface area contributed by atoms with E-state index in [1.807, 2.05) is 40.1 Å². The molecule has 0 radical (unpaired) electrons. The van der Waals surface area contributed by atoms with Gasteiger partial charge in [0.05, 0.1) is 5.56 Å². The van der Waals surface area contributed by atoms with Gasteiger partial charge in [-0.2, -0.15) is 4.98 Å². The van der Waals surface area contributed by atoms with Crippen molar-refractivity contribution < 1.29 is 4.52 Å². The van der Waals surface area contributed by atoms with Crippen molar-refractivity contribution in [2.75, 3.05) is 24.7 Å². The molecule has 5 nitrogen and oxygen atoms in total. The fraction of sp³-hybridized carbons (Fsp3) is 0.333. The Morgan fingerprint density at radius 2 is 1.94 bits per heavy atom. The van der Waals surface area contributed by atoms with Crippen LogP contribution >= 0.6 is 0 Å². The van der Waals surface area contributed by atoms with Crippen molar-refractivity contribution in [1.82, 2.24) is 10.1 Å². The van der Waals surface area contributed by atoms with E-state index in [4.69, 9.17) is 10.3 Å². The molecule has 0 amide bonds. The Balaban J connectivity index is 2.52. The van der Waals surface area contributed by atoms with Crippen molar-refractivity contribution in [1.29, 1.82) is 0 Å². The van der Waals surface area contributed by atoms with E-state index in [9.17, 15) is 0 Å². The molecule has 0 aliphatic heterocycles. The molecule has 0 spiro atoms. The minimum Gasteiger partial charge on any atom is -0.398 e. The molecule has 1 heterocycles. The molecule has 0 bridgehead atoms. The predicted octanol–water partition coefficient (Wildman–Crippen LogP) is 2.00. The minimum absolute atomic E-state index is 0.456. The third kappa shape index (κ3) is 2.08. The molecule has 0 aliphatic carbocycles. The van der Waals surface area contributed by atoms with Gasteiger partial charge in [-0.3, -0.25) is 0 Å². The summed E-state index contributed by atoms with van der Waals surface area (Å²) in [5.41, 5.74) is 9.65. The number of benzene rings is 1. The van der Waals surface area contributed by atoms with Crippen molar-refractivity contribution in [3.63, 3.8) is 0 Å². The number of nitrogens with two attached hydrogens (primary N) is 1. The molecule has 0 saturated carbocycles. The van der Waals surface area contributed by atoms with Crippen LogP contribution in [0.2, 0.25) is 0 Å². The third-order valence-electron chi connectivity index (χ3n) is 2.58. The highest BCUT2D eigenvalue weighted by Gasteiger charge is 2.14. The van der Waals surface area contributed by atoms with Gasteiger partial charge in [0, 0.05) is 19.8 Å². The van der Waals surface area contributed by atoms with Crippen LogP contribution in [0, 0.1) is 13.8 Å². The van der Waals surface area contributed by atoms with Crippen LogP contribution in [-0.4, -0.2) is 24.2 Å². The summed E-state index contributed by atoms with van der Waals surface area (Å²) in [5.74, 6) is 0.997. The van der Waals surface area contributed by atoms with E-state index < -0.39 is 0 Å².